The summed E-state index contributed by atoms with van der Waals surface area (Å²) < 4.78 is 0. The zero-order valence-corrected chi connectivity index (χ0v) is 44.1. The van der Waals surface area contributed by atoms with E-state index < -0.39 is 0 Å². The molecule has 4 aromatic carbocycles. The monoisotopic (exact) mass is 963 g/mol. The van der Waals surface area contributed by atoms with Gasteiger partial charge in [0.2, 0.25) is 0 Å². The van der Waals surface area contributed by atoms with Crippen LogP contribution in [0.1, 0.15) is 225 Å². The molecule has 8 aliphatic carbocycles. The van der Waals surface area contributed by atoms with E-state index in [1.807, 2.05) is 0 Å². The molecule has 2 aliphatic heterocycles. The van der Waals surface area contributed by atoms with Gasteiger partial charge in [-0.1, -0.05) is 47.5 Å². The van der Waals surface area contributed by atoms with Gasteiger partial charge in [0.25, 0.3) is 0 Å². The number of aromatic nitrogens is 4. The van der Waals surface area contributed by atoms with Gasteiger partial charge in [0.15, 0.2) is 0 Å². The molecular formula is C70H66N4. The zero-order chi connectivity index (χ0) is 49.2. The van der Waals surface area contributed by atoms with Crippen LogP contribution in [0.2, 0.25) is 0 Å². The lowest BCUT2D eigenvalue weighted by atomic mass is 9.77. The van der Waals surface area contributed by atoms with Crippen molar-refractivity contribution in [3.05, 3.63) is 161 Å². The summed E-state index contributed by atoms with van der Waals surface area (Å²) in [4.78, 5) is 20.6. The fourth-order valence-corrected chi connectivity index (χ4v) is 18.7. The standard InChI is InChI=1S/C70H66N4/c1-33-23-35(3)59(36(4)24-33)65-51-15-19-55(71-51)67(69-61-43-11-7-39(27-43)47(61)31-48-40-8-12-44(28-40)62(48)69)57-21-17-53(73-57)66(60-37(5)25-34(2)26-38(60)6)54-18-22-58(74-54)68(56-20-16-52(65)72-56)70-63-45-13-9-41(29-45)49(63)32-50-42-10-14-46(30-42)64(50)70/h15-26,31-32,39-46,71,74H,7-14,27-30H2,1-6H3/t39-,40-,41-,42-,43+,44+,45+,46+/m1/s1. The Morgan fingerprint density at radius 2 is 0.568 bits per heavy atom. The number of hydrogen-bond donors (Lipinski definition) is 2. The van der Waals surface area contributed by atoms with E-state index in [-0.39, 0.29) is 0 Å². The first-order chi connectivity index (χ1) is 36.1. The van der Waals surface area contributed by atoms with E-state index in [2.05, 4.69) is 136 Å². The van der Waals surface area contributed by atoms with Crippen LogP contribution in [0.3, 0.4) is 0 Å². The van der Waals surface area contributed by atoms with Crippen LogP contribution >= 0.6 is 0 Å². The third-order valence-electron chi connectivity index (χ3n) is 21.2. The molecule has 0 unspecified atom stereocenters. The average molecular weight is 963 g/mol. The second-order valence-electron chi connectivity index (χ2n) is 25.4. The highest BCUT2D eigenvalue weighted by Crippen LogP contribution is 2.66. The fraction of sp³-hybridized carbons (Fsp3) is 0.371. The van der Waals surface area contributed by atoms with Crippen molar-refractivity contribution < 1.29 is 0 Å². The van der Waals surface area contributed by atoms with Crippen molar-refractivity contribution in [2.24, 2.45) is 0 Å². The van der Waals surface area contributed by atoms with Gasteiger partial charge in [-0.25, -0.2) is 9.97 Å². The average Bonchev–Trinajstić information content (AvgIpc) is 4.23. The lowest BCUT2D eigenvalue weighted by molar-refractivity contribution is 0.692. The molecule has 8 atom stereocenters. The summed E-state index contributed by atoms with van der Waals surface area (Å²) >= 11 is 0. The number of aromatic amines is 2. The van der Waals surface area contributed by atoms with Crippen molar-refractivity contribution in [1.29, 1.82) is 0 Å². The number of aryl methyl sites for hydroxylation is 6. The van der Waals surface area contributed by atoms with E-state index in [1.54, 1.807) is 44.5 Å². The first-order valence-corrected chi connectivity index (χ1v) is 28.8. The number of nitrogens with zero attached hydrogens (tertiary/aromatic N) is 2. The van der Waals surface area contributed by atoms with E-state index in [0.717, 1.165) is 33.8 Å². The van der Waals surface area contributed by atoms with Gasteiger partial charge in [0.05, 0.1) is 22.8 Å². The third-order valence-corrected chi connectivity index (χ3v) is 21.2. The van der Waals surface area contributed by atoms with E-state index in [9.17, 15) is 0 Å². The maximum absolute atomic E-state index is 6.01. The maximum atomic E-state index is 6.01. The number of H-pyrrole nitrogens is 2. The van der Waals surface area contributed by atoms with Crippen LogP contribution in [0.4, 0.5) is 0 Å². The van der Waals surface area contributed by atoms with Crippen molar-refractivity contribution in [1.82, 2.24) is 19.9 Å². The predicted molar refractivity (Wildman–Crippen MR) is 306 cm³/mol. The Morgan fingerprint density at radius 1 is 0.311 bits per heavy atom. The molecule has 0 amide bonds. The molecule has 4 fully saturated rings. The first-order valence-electron chi connectivity index (χ1n) is 28.8. The Balaban J connectivity index is 1.06. The summed E-state index contributed by atoms with van der Waals surface area (Å²) in [5.41, 5.74) is 40.4. The summed E-state index contributed by atoms with van der Waals surface area (Å²) in [6.45, 7) is 13.7. The predicted octanol–water partition coefficient (Wildman–Crippen LogP) is 18.6. The summed E-state index contributed by atoms with van der Waals surface area (Å²) in [6, 6.07) is 24.6. The second kappa shape index (κ2) is 15.1. The van der Waals surface area contributed by atoms with Crippen LogP contribution in [0, 0.1) is 41.5 Å². The Bertz CT molecular complexity index is 3600. The molecule has 366 valence electrons. The molecule has 4 saturated carbocycles. The van der Waals surface area contributed by atoms with Gasteiger partial charge in [0, 0.05) is 44.3 Å². The Hall–Kier alpha value is -6.52. The van der Waals surface area contributed by atoms with Gasteiger partial charge in [-0.3, -0.25) is 0 Å². The van der Waals surface area contributed by atoms with E-state index in [4.69, 9.17) is 9.97 Å². The second-order valence-corrected chi connectivity index (χ2v) is 25.4. The highest BCUT2D eigenvalue weighted by molar-refractivity contribution is 6.03. The summed E-state index contributed by atoms with van der Waals surface area (Å²) in [6.07, 6.45) is 25.2. The molecule has 74 heavy (non-hydrogen) atoms. The van der Waals surface area contributed by atoms with Gasteiger partial charge in [-0.15, -0.1) is 0 Å². The van der Waals surface area contributed by atoms with Crippen LogP contribution in [0.5, 0.6) is 0 Å². The van der Waals surface area contributed by atoms with Crippen LogP contribution in [-0.2, 0) is 0 Å². The molecule has 4 nitrogen and oxygen atoms in total. The molecule has 5 heterocycles. The maximum Gasteiger partial charge on any atom is 0.0737 e. The molecule has 10 aliphatic rings. The van der Waals surface area contributed by atoms with E-state index in [1.165, 1.54) is 166 Å². The summed E-state index contributed by atoms with van der Waals surface area (Å²) in [7, 11) is 0. The molecule has 7 aromatic rings. The van der Waals surface area contributed by atoms with Crippen molar-refractivity contribution in [2.45, 2.75) is 166 Å². The Morgan fingerprint density at radius 3 is 0.851 bits per heavy atom. The highest BCUT2D eigenvalue weighted by atomic mass is 14.8. The van der Waals surface area contributed by atoms with Gasteiger partial charge in [-0.2, -0.15) is 0 Å². The van der Waals surface area contributed by atoms with Crippen LogP contribution in [-0.4, -0.2) is 19.9 Å². The largest absolute Gasteiger partial charge is 0.354 e. The smallest absolute Gasteiger partial charge is 0.0737 e. The minimum Gasteiger partial charge on any atom is -0.354 e. The Labute approximate surface area is 435 Å². The molecule has 4 heteroatoms. The third kappa shape index (κ3) is 5.76. The fourth-order valence-electron chi connectivity index (χ4n) is 18.7. The summed E-state index contributed by atoms with van der Waals surface area (Å²) in [5.74, 6) is 5.15. The minimum absolute atomic E-state index is 0.610. The molecule has 0 saturated heterocycles. The highest BCUT2D eigenvalue weighted by Gasteiger charge is 2.48. The van der Waals surface area contributed by atoms with E-state index >= 15 is 0 Å². The molecule has 3 aromatic heterocycles. The molecular weight excluding hydrogens is 897 g/mol. The zero-order valence-electron chi connectivity index (χ0n) is 44.1. The van der Waals surface area contributed by atoms with Crippen LogP contribution < -0.4 is 0 Å². The van der Waals surface area contributed by atoms with Crippen molar-refractivity contribution in [2.75, 3.05) is 0 Å². The topological polar surface area (TPSA) is 57.4 Å². The van der Waals surface area contributed by atoms with Gasteiger partial charge < -0.3 is 9.97 Å². The molecule has 0 radical (unpaired) electrons. The van der Waals surface area contributed by atoms with Crippen LogP contribution in [0.15, 0.2) is 60.7 Å². The lowest BCUT2D eigenvalue weighted by Gasteiger charge is -2.28. The number of nitrogens with one attached hydrogen (secondary N) is 2. The normalized spacial score (nSPS) is 25.5. The molecule has 16 bridgehead atoms. The Kier molecular flexibility index (Phi) is 8.72. The number of fused-ring (bicyclic) bond motifs is 28. The number of benzene rings is 4. The van der Waals surface area contributed by atoms with Crippen molar-refractivity contribution in [3.8, 4) is 44.5 Å². The van der Waals surface area contributed by atoms with Gasteiger partial charge in [-0.05, 0) is 304 Å². The van der Waals surface area contributed by atoms with Crippen LogP contribution in [0.25, 0.3) is 90.9 Å². The number of rotatable bonds is 4. The van der Waals surface area contributed by atoms with E-state index in [0.29, 0.717) is 47.3 Å². The van der Waals surface area contributed by atoms with Gasteiger partial charge in [0.1, 0.15) is 0 Å². The van der Waals surface area contributed by atoms with Crippen molar-refractivity contribution >= 4 is 46.4 Å². The van der Waals surface area contributed by atoms with Gasteiger partial charge >= 0.3 is 0 Å². The molecule has 0 spiro atoms. The summed E-state index contributed by atoms with van der Waals surface area (Å²) in [5, 5.41) is 0. The molecule has 17 rings (SSSR count). The molecule has 2 N–H and O–H groups in total. The lowest BCUT2D eigenvalue weighted by Crippen LogP contribution is -2.09. The number of hydrogen-bond acceptors (Lipinski definition) is 2. The minimum atomic E-state index is 0.610. The first kappa shape index (κ1) is 42.8. The SMILES string of the molecule is Cc1cc(C)c(-c2c3nc(c(-c4c5c(cc6c4[C@H]4CC[C@@H]6C4)[C@@H]4CC[C@H]5C4)c4ccc([nH]4)c(-c4c(C)cc(C)cc4C)c4nc(c(-c5c6c(cc7c5[C@H]5CC[C@@H]7C5)[C@@H]5CC[C@H]6C5)c5ccc2[nH]5)C=C4)C=C3)c(C)c1. The van der Waals surface area contributed by atoms with Crippen molar-refractivity contribution in [3.63, 3.8) is 0 Å². The quantitative estimate of drug-likeness (QED) is 0.185.